The second kappa shape index (κ2) is 5.50. The van der Waals surface area contributed by atoms with Gasteiger partial charge in [0, 0.05) is 17.9 Å². The highest BCUT2D eigenvalue weighted by atomic mass is 35.5. The smallest absolute Gasteiger partial charge is 0.308 e. The van der Waals surface area contributed by atoms with Crippen LogP contribution in [0.3, 0.4) is 0 Å². The van der Waals surface area contributed by atoms with E-state index in [1.807, 2.05) is 24.3 Å². The monoisotopic (exact) mass is 298 g/mol. The number of benzene rings is 2. The topological polar surface area (TPSA) is 52.1 Å². The van der Waals surface area contributed by atoms with Crippen molar-refractivity contribution in [3.63, 3.8) is 0 Å². The molecule has 0 spiro atoms. The van der Waals surface area contributed by atoms with Crippen molar-refractivity contribution < 1.29 is 9.53 Å². The first-order valence-corrected chi connectivity index (χ1v) is 6.73. The second-order valence-corrected chi connectivity index (χ2v) is 4.88. The largest absolute Gasteiger partial charge is 0.427 e. The Balaban J connectivity index is 2.04. The number of halogens is 1. The molecule has 4 nitrogen and oxygen atoms in total. The first kappa shape index (κ1) is 13.5. The van der Waals surface area contributed by atoms with Gasteiger partial charge in [0.25, 0.3) is 0 Å². The van der Waals surface area contributed by atoms with E-state index in [4.69, 9.17) is 16.3 Å². The van der Waals surface area contributed by atoms with Crippen LogP contribution in [0.25, 0.3) is 22.2 Å². The van der Waals surface area contributed by atoms with E-state index < -0.39 is 0 Å². The summed E-state index contributed by atoms with van der Waals surface area (Å²) < 4.78 is 5.00. The van der Waals surface area contributed by atoms with Crippen LogP contribution in [0.1, 0.15) is 6.92 Å². The summed E-state index contributed by atoms with van der Waals surface area (Å²) in [6.45, 7) is 1.36. The molecular formula is C16H11ClN2O2. The molecule has 0 aliphatic rings. The Bertz CT molecular complexity index is 816. The SMILES string of the molecule is CC(=O)Oc1ccc(-c2nnc3ccccc3c2Cl)cc1. The van der Waals surface area contributed by atoms with Crippen molar-refractivity contribution >= 4 is 28.5 Å². The van der Waals surface area contributed by atoms with E-state index in [0.717, 1.165) is 16.5 Å². The van der Waals surface area contributed by atoms with E-state index in [1.165, 1.54) is 6.92 Å². The Hall–Kier alpha value is -2.46. The zero-order valence-electron chi connectivity index (χ0n) is 11.2. The fourth-order valence-electron chi connectivity index (χ4n) is 2.05. The Labute approximate surface area is 126 Å². The average molecular weight is 299 g/mol. The predicted molar refractivity (Wildman–Crippen MR) is 81.3 cm³/mol. The Morgan fingerprint density at radius 3 is 2.48 bits per heavy atom. The van der Waals surface area contributed by atoms with Crippen LogP contribution in [0.2, 0.25) is 5.02 Å². The number of esters is 1. The number of aromatic nitrogens is 2. The first-order chi connectivity index (χ1) is 10.1. The van der Waals surface area contributed by atoms with Gasteiger partial charge in [0.05, 0.1) is 10.5 Å². The molecule has 0 unspecified atom stereocenters. The van der Waals surface area contributed by atoms with Gasteiger partial charge in [0.15, 0.2) is 0 Å². The fourth-order valence-corrected chi connectivity index (χ4v) is 2.36. The molecule has 104 valence electrons. The van der Waals surface area contributed by atoms with E-state index in [1.54, 1.807) is 24.3 Å². The van der Waals surface area contributed by atoms with Crippen LogP contribution in [0.4, 0.5) is 0 Å². The molecule has 0 fully saturated rings. The first-order valence-electron chi connectivity index (χ1n) is 6.35. The third-order valence-electron chi connectivity index (χ3n) is 3.00. The number of carbonyl (C=O) groups is 1. The van der Waals surface area contributed by atoms with Crippen LogP contribution in [0.15, 0.2) is 48.5 Å². The minimum absolute atomic E-state index is 0.355. The third-order valence-corrected chi connectivity index (χ3v) is 3.38. The average Bonchev–Trinajstić information content (AvgIpc) is 2.48. The maximum atomic E-state index is 10.9. The molecule has 0 N–H and O–H groups in total. The van der Waals surface area contributed by atoms with Crippen LogP contribution in [-0.2, 0) is 4.79 Å². The van der Waals surface area contributed by atoms with Gasteiger partial charge in [-0.2, -0.15) is 0 Å². The summed E-state index contributed by atoms with van der Waals surface area (Å²) >= 11 is 6.41. The maximum Gasteiger partial charge on any atom is 0.308 e. The summed E-state index contributed by atoms with van der Waals surface area (Å²) in [4.78, 5) is 10.9. The van der Waals surface area contributed by atoms with Gasteiger partial charge in [-0.15, -0.1) is 10.2 Å². The van der Waals surface area contributed by atoms with Gasteiger partial charge in [0.1, 0.15) is 11.4 Å². The van der Waals surface area contributed by atoms with Gasteiger partial charge in [-0.3, -0.25) is 4.79 Å². The van der Waals surface area contributed by atoms with E-state index in [9.17, 15) is 4.79 Å². The van der Waals surface area contributed by atoms with Crippen molar-refractivity contribution in [2.45, 2.75) is 6.92 Å². The molecule has 0 saturated heterocycles. The summed E-state index contributed by atoms with van der Waals surface area (Å²) in [5, 5.41) is 9.76. The molecule has 3 aromatic rings. The minimum atomic E-state index is -0.355. The molecule has 21 heavy (non-hydrogen) atoms. The summed E-state index contributed by atoms with van der Waals surface area (Å²) in [5.41, 5.74) is 2.17. The number of hydrogen-bond acceptors (Lipinski definition) is 4. The van der Waals surface area contributed by atoms with Crippen molar-refractivity contribution in [2.24, 2.45) is 0 Å². The van der Waals surface area contributed by atoms with E-state index >= 15 is 0 Å². The Morgan fingerprint density at radius 2 is 1.76 bits per heavy atom. The molecular weight excluding hydrogens is 288 g/mol. The van der Waals surface area contributed by atoms with E-state index in [0.29, 0.717) is 16.5 Å². The molecule has 0 aliphatic heterocycles. The van der Waals surface area contributed by atoms with Crippen molar-refractivity contribution in [3.8, 4) is 17.0 Å². The highest BCUT2D eigenvalue weighted by Crippen LogP contribution is 2.31. The molecule has 0 radical (unpaired) electrons. The lowest BCUT2D eigenvalue weighted by molar-refractivity contribution is -0.131. The number of nitrogens with zero attached hydrogens (tertiary/aromatic N) is 2. The summed E-state index contributed by atoms with van der Waals surface area (Å²) in [6.07, 6.45) is 0. The van der Waals surface area contributed by atoms with Crippen LogP contribution in [0, 0.1) is 0 Å². The molecule has 1 heterocycles. The third kappa shape index (κ3) is 2.71. The van der Waals surface area contributed by atoms with Gasteiger partial charge in [0.2, 0.25) is 0 Å². The van der Waals surface area contributed by atoms with Gasteiger partial charge in [-0.1, -0.05) is 29.8 Å². The van der Waals surface area contributed by atoms with E-state index in [-0.39, 0.29) is 5.97 Å². The van der Waals surface area contributed by atoms with Crippen molar-refractivity contribution in [3.05, 3.63) is 53.6 Å². The van der Waals surface area contributed by atoms with Crippen molar-refractivity contribution in [2.75, 3.05) is 0 Å². The second-order valence-electron chi connectivity index (χ2n) is 4.50. The van der Waals surface area contributed by atoms with E-state index in [2.05, 4.69) is 10.2 Å². The molecule has 0 saturated carbocycles. The summed E-state index contributed by atoms with van der Waals surface area (Å²) in [6, 6.07) is 14.6. The highest BCUT2D eigenvalue weighted by molar-refractivity contribution is 6.37. The minimum Gasteiger partial charge on any atom is -0.427 e. The molecule has 3 rings (SSSR count). The molecule has 5 heteroatoms. The molecule has 1 aromatic heterocycles. The highest BCUT2D eigenvalue weighted by Gasteiger charge is 2.10. The molecule has 0 aliphatic carbocycles. The number of ether oxygens (including phenoxy) is 1. The molecule has 0 bridgehead atoms. The fraction of sp³-hybridized carbons (Fsp3) is 0.0625. The van der Waals surface area contributed by atoms with Crippen LogP contribution in [0.5, 0.6) is 5.75 Å². The van der Waals surface area contributed by atoms with Gasteiger partial charge >= 0.3 is 5.97 Å². The summed E-state index contributed by atoms with van der Waals surface area (Å²) in [5.74, 6) is 0.127. The zero-order valence-corrected chi connectivity index (χ0v) is 12.0. The van der Waals surface area contributed by atoms with Crippen LogP contribution < -0.4 is 4.74 Å². The lowest BCUT2D eigenvalue weighted by Crippen LogP contribution is -2.01. The predicted octanol–water partition coefficient (Wildman–Crippen LogP) is 3.88. The molecule has 0 amide bonds. The number of carbonyl (C=O) groups excluding carboxylic acids is 1. The van der Waals surface area contributed by atoms with Gasteiger partial charge < -0.3 is 4.74 Å². The lowest BCUT2D eigenvalue weighted by atomic mass is 10.1. The number of fused-ring (bicyclic) bond motifs is 1. The molecule has 0 atom stereocenters. The quantitative estimate of drug-likeness (QED) is 0.532. The van der Waals surface area contributed by atoms with Crippen molar-refractivity contribution in [1.82, 2.24) is 10.2 Å². The number of hydrogen-bond donors (Lipinski definition) is 0. The zero-order chi connectivity index (χ0) is 14.8. The van der Waals surface area contributed by atoms with Crippen molar-refractivity contribution in [1.29, 1.82) is 0 Å². The standard InChI is InChI=1S/C16H11ClN2O2/c1-10(20)21-12-8-6-11(7-9-12)16-15(17)13-4-2-3-5-14(13)18-19-16/h2-9H,1H3. The normalized spacial score (nSPS) is 10.6. The molecule has 2 aromatic carbocycles. The van der Waals surface area contributed by atoms with Gasteiger partial charge in [-0.25, -0.2) is 0 Å². The Kier molecular flexibility index (Phi) is 3.54. The number of rotatable bonds is 2. The van der Waals surface area contributed by atoms with Gasteiger partial charge in [-0.05, 0) is 30.3 Å². The van der Waals surface area contributed by atoms with Crippen LogP contribution in [-0.4, -0.2) is 16.2 Å². The maximum absolute atomic E-state index is 10.9. The Morgan fingerprint density at radius 1 is 1.05 bits per heavy atom. The van der Waals surface area contributed by atoms with Crippen LogP contribution >= 0.6 is 11.6 Å². The summed E-state index contributed by atoms with van der Waals surface area (Å²) in [7, 11) is 0. The lowest BCUT2D eigenvalue weighted by Gasteiger charge is -2.07.